The van der Waals surface area contributed by atoms with Crippen molar-refractivity contribution in [3.8, 4) is 11.5 Å². The van der Waals surface area contributed by atoms with Crippen molar-refractivity contribution < 1.29 is 14.3 Å². The largest absolute Gasteiger partial charge is 0.486 e. The fourth-order valence-electron chi connectivity index (χ4n) is 2.25. The minimum atomic E-state index is -0.209. The second-order valence-corrected chi connectivity index (χ2v) is 5.31. The van der Waals surface area contributed by atoms with Gasteiger partial charge in [-0.05, 0) is 36.4 Å². The Balaban J connectivity index is 1.58. The van der Waals surface area contributed by atoms with Gasteiger partial charge in [-0.3, -0.25) is 4.79 Å². The number of fused-ring (bicyclic) bond motifs is 2. The van der Waals surface area contributed by atoms with Crippen LogP contribution in [0.25, 0.3) is 11.0 Å². The predicted octanol–water partition coefficient (Wildman–Crippen LogP) is 2.71. The molecule has 0 saturated carbocycles. The number of carbonyl (C=O) groups excluding carboxylic acids is 1. The molecule has 1 amide bonds. The molecule has 0 radical (unpaired) electrons. The van der Waals surface area contributed by atoms with Gasteiger partial charge in [-0.1, -0.05) is 0 Å². The van der Waals surface area contributed by atoms with Crippen molar-refractivity contribution in [3.63, 3.8) is 0 Å². The molecule has 6 nitrogen and oxygen atoms in total. The van der Waals surface area contributed by atoms with Gasteiger partial charge in [0.2, 0.25) is 0 Å². The number of amides is 1. The average molecular weight is 313 g/mol. The first-order valence-corrected chi connectivity index (χ1v) is 7.46. The molecule has 3 aromatic rings. The quantitative estimate of drug-likeness (QED) is 0.787. The van der Waals surface area contributed by atoms with E-state index < -0.39 is 0 Å². The van der Waals surface area contributed by atoms with Crippen LogP contribution in [0.4, 0.5) is 5.69 Å². The smallest absolute Gasteiger partial charge is 0.255 e. The molecule has 0 saturated heterocycles. The summed E-state index contributed by atoms with van der Waals surface area (Å²) in [5, 5.41) is 2.85. The van der Waals surface area contributed by atoms with Crippen molar-refractivity contribution in [2.75, 3.05) is 18.5 Å². The highest BCUT2D eigenvalue weighted by atomic mass is 32.1. The van der Waals surface area contributed by atoms with Gasteiger partial charge in [-0.2, -0.15) is 8.75 Å². The molecule has 2 aromatic carbocycles. The van der Waals surface area contributed by atoms with E-state index in [0.717, 1.165) is 22.8 Å². The van der Waals surface area contributed by atoms with Crippen LogP contribution in [0.2, 0.25) is 0 Å². The van der Waals surface area contributed by atoms with Crippen molar-refractivity contribution in [1.82, 2.24) is 8.75 Å². The highest BCUT2D eigenvalue weighted by Gasteiger charge is 2.15. The van der Waals surface area contributed by atoms with Gasteiger partial charge in [-0.25, -0.2) is 0 Å². The van der Waals surface area contributed by atoms with Crippen LogP contribution in [-0.2, 0) is 0 Å². The minimum Gasteiger partial charge on any atom is -0.486 e. The van der Waals surface area contributed by atoms with Crippen LogP contribution in [-0.4, -0.2) is 27.9 Å². The Hall–Kier alpha value is -2.67. The molecule has 1 aliphatic heterocycles. The summed E-state index contributed by atoms with van der Waals surface area (Å²) in [6.45, 7) is 1.02. The number of carbonyl (C=O) groups is 1. The third kappa shape index (κ3) is 2.35. The molecule has 0 fully saturated rings. The molecule has 110 valence electrons. The van der Waals surface area contributed by atoms with Crippen molar-refractivity contribution in [3.05, 3.63) is 42.0 Å². The first-order chi connectivity index (χ1) is 10.8. The van der Waals surface area contributed by atoms with E-state index in [1.807, 2.05) is 6.07 Å². The van der Waals surface area contributed by atoms with Crippen molar-refractivity contribution in [2.24, 2.45) is 0 Å². The van der Waals surface area contributed by atoms with Crippen LogP contribution in [0.3, 0.4) is 0 Å². The zero-order chi connectivity index (χ0) is 14.9. The average Bonchev–Trinajstić information content (AvgIpc) is 3.02. The molecule has 1 aliphatic rings. The Morgan fingerprint density at radius 1 is 1.00 bits per heavy atom. The number of rotatable bonds is 2. The van der Waals surface area contributed by atoms with E-state index in [9.17, 15) is 4.79 Å². The zero-order valence-electron chi connectivity index (χ0n) is 11.4. The number of nitrogens with one attached hydrogen (secondary N) is 1. The topological polar surface area (TPSA) is 73.3 Å². The predicted molar refractivity (Wildman–Crippen MR) is 82.8 cm³/mol. The highest BCUT2D eigenvalue weighted by molar-refractivity contribution is 7.00. The summed E-state index contributed by atoms with van der Waals surface area (Å²) in [5.41, 5.74) is 2.79. The zero-order valence-corrected chi connectivity index (χ0v) is 12.2. The fraction of sp³-hybridized carbons (Fsp3) is 0.133. The Morgan fingerprint density at radius 3 is 2.73 bits per heavy atom. The summed E-state index contributed by atoms with van der Waals surface area (Å²) < 4.78 is 19.2. The van der Waals surface area contributed by atoms with Gasteiger partial charge in [0.15, 0.2) is 11.5 Å². The summed E-state index contributed by atoms with van der Waals surface area (Å²) in [7, 11) is 0. The van der Waals surface area contributed by atoms with E-state index in [-0.39, 0.29) is 5.91 Å². The molecule has 1 N–H and O–H groups in total. The molecular formula is C15H11N3O3S. The normalized spacial score (nSPS) is 13.1. The maximum Gasteiger partial charge on any atom is 0.255 e. The lowest BCUT2D eigenvalue weighted by Gasteiger charge is -2.18. The van der Waals surface area contributed by atoms with Gasteiger partial charge in [0.1, 0.15) is 24.2 Å². The van der Waals surface area contributed by atoms with Crippen molar-refractivity contribution in [2.45, 2.75) is 0 Å². The molecular weight excluding hydrogens is 302 g/mol. The van der Waals surface area contributed by atoms with Gasteiger partial charge in [0.25, 0.3) is 5.91 Å². The van der Waals surface area contributed by atoms with Gasteiger partial charge in [0.05, 0.1) is 11.7 Å². The lowest BCUT2D eigenvalue weighted by molar-refractivity contribution is 0.102. The molecule has 1 aromatic heterocycles. The molecule has 2 heterocycles. The van der Waals surface area contributed by atoms with E-state index in [1.54, 1.807) is 30.3 Å². The number of nitrogens with zero attached hydrogens (tertiary/aromatic N) is 2. The maximum absolute atomic E-state index is 12.3. The Kier molecular flexibility index (Phi) is 3.12. The van der Waals surface area contributed by atoms with Gasteiger partial charge in [0, 0.05) is 11.3 Å². The van der Waals surface area contributed by atoms with Crippen LogP contribution >= 0.6 is 11.7 Å². The number of anilines is 1. The monoisotopic (exact) mass is 313 g/mol. The summed E-state index contributed by atoms with van der Waals surface area (Å²) in [4.78, 5) is 12.3. The first-order valence-electron chi connectivity index (χ1n) is 6.73. The molecule has 0 aliphatic carbocycles. The fourth-order valence-corrected chi connectivity index (χ4v) is 2.77. The second kappa shape index (κ2) is 5.27. The lowest BCUT2D eigenvalue weighted by atomic mass is 10.1. The van der Waals surface area contributed by atoms with Crippen molar-refractivity contribution >= 4 is 34.4 Å². The van der Waals surface area contributed by atoms with E-state index in [4.69, 9.17) is 9.47 Å². The highest BCUT2D eigenvalue weighted by Crippen LogP contribution is 2.31. The molecule has 22 heavy (non-hydrogen) atoms. The Morgan fingerprint density at radius 2 is 1.82 bits per heavy atom. The van der Waals surface area contributed by atoms with Gasteiger partial charge >= 0.3 is 0 Å². The Bertz CT molecular complexity index is 862. The molecule has 7 heteroatoms. The number of ether oxygens (including phenoxy) is 2. The number of hydrogen-bond acceptors (Lipinski definition) is 6. The van der Waals surface area contributed by atoms with Crippen LogP contribution in [0.5, 0.6) is 11.5 Å². The molecule has 0 unspecified atom stereocenters. The number of aromatic nitrogens is 2. The third-order valence-electron chi connectivity index (χ3n) is 3.32. The van der Waals surface area contributed by atoms with Crippen LogP contribution in [0.15, 0.2) is 36.4 Å². The van der Waals surface area contributed by atoms with Gasteiger partial charge < -0.3 is 14.8 Å². The SMILES string of the molecule is O=C(Nc1ccc2nsnc2c1)c1ccc2c(c1)OCCO2. The van der Waals surface area contributed by atoms with Crippen LogP contribution < -0.4 is 14.8 Å². The molecule has 4 rings (SSSR count). The summed E-state index contributed by atoms with van der Waals surface area (Å²) in [5.74, 6) is 1.05. The number of hydrogen-bond donors (Lipinski definition) is 1. The summed E-state index contributed by atoms with van der Waals surface area (Å²) in [6.07, 6.45) is 0. The van der Waals surface area contributed by atoms with Crippen LogP contribution in [0.1, 0.15) is 10.4 Å². The first kappa shape index (κ1) is 13.0. The second-order valence-electron chi connectivity index (χ2n) is 4.78. The van der Waals surface area contributed by atoms with E-state index in [0.29, 0.717) is 36.0 Å². The molecule has 0 spiro atoms. The van der Waals surface area contributed by atoms with Crippen molar-refractivity contribution in [1.29, 1.82) is 0 Å². The third-order valence-corrected chi connectivity index (χ3v) is 3.87. The standard InChI is InChI=1S/C15H11N3O3S/c19-15(9-1-4-13-14(7-9)21-6-5-20-13)16-10-2-3-11-12(8-10)18-22-17-11/h1-4,7-8H,5-6H2,(H,16,19). The minimum absolute atomic E-state index is 0.209. The Labute approximate surface area is 130 Å². The van der Waals surface area contributed by atoms with E-state index >= 15 is 0 Å². The van der Waals surface area contributed by atoms with E-state index in [2.05, 4.69) is 14.1 Å². The molecule has 0 atom stereocenters. The van der Waals surface area contributed by atoms with Gasteiger partial charge in [-0.15, -0.1) is 0 Å². The summed E-state index contributed by atoms with van der Waals surface area (Å²) in [6, 6.07) is 10.6. The number of benzene rings is 2. The summed E-state index contributed by atoms with van der Waals surface area (Å²) >= 11 is 1.15. The van der Waals surface area contributed by atoms with E-state index in [1.165, 1.54) is 0 Å². The molecule has 0 bridgehead atoms. The maximum atomic E-state index is 12.3. The van der Waals surface area contributed by atoms with Crippen LogP contribution in [0, 0.1) is 0 Å². The lowest BCUT2D eigenvalue weighted by Crippen LogP contribution is -2.17.